The van der Waals surface area contributed by atoms with Crippen molar-refractivity contribution in [3.8, 4) is 0 Å². The molecule has 2 amide bonds. The molecule has 6 nitrogen and oxygen atoms in total. The molecule has 1 spiro atoms. The van der Waals surface area contributed by atoms with Gasteiger partial charge in [0.1, 0.15) is 0 Å². The fraction of sp³-hybridized carbons (Fsp3) is 0.632. The number of hydrogen-bond donors (Lipinski definition) is 0. The van der Waals surface area contributed by atoms with E-state index in [1.165, 1.54) is 0 Å². The largest absolute Gasteiger partial charge is 0.383 e. The van der Waals surface area contributed by atoms with Gasteiger partial charge in [0.05, 0.1) is 12.4 Å². The minimum atomic E-state index is 0.0525. The minimum Gasteiger partial charge on any atom is -0.383 e. The van der Waals surface area contributed by atoms with Crippen molar-refractivity contribution in [3.63, 3.8) is 0 Å². The van der Waals surface area contributed by atoms with Crippen molar-refractivity contribution >= 4 is 23.6 Å². The number of hydrogen-bond acceptors (Lipinski definition) is 5. The average molecular weight is 378 g/mol. The van der Waals surface area contributed by atoms with Gasteiger partial charge in [-0.15, -0.1) is 11.8 Å². The Hall–Kier alpha value is -1.60. The van der Waals surface area contributed by atoms with Crippen LogP contribution in [0.15, 0.2) is 29.4 Å². The lowest BCUT2D eigenvalue weighted by Crippen LogP contribution is -2.55. The molecule has 0 radical (unpaired) electrons. The molecule has 142 valence electrons. The molecule has 1 unspecified atom stereocenters. The maximum atomic E-state index is 12.7. The van der Waals surface area contributed by atoms with Crippen LogP contribution >= 0.6 is 11.8 Å². The van der Waals surface area contributed by atoms with E-state index in [0.29, 0.717) is 25.3 Å². The zero-order chi connectivity index (χ0) is 18.4. The Morgan fingerprint density at radius 2 is 2.12 bits per heavy atom. The van der Waals surface area contributed by atoms with Crippen molar-refractivity contribution in [3.05, 3.63) is 24.5 Å². The smallest absolute Gasteiger partial charge is 0.232 e. The third-order valence-corrected chi connectivity index (χ3v) is 6.34. The van der Waals surface area contributed by atoms with Gasteiger partial charge in [-0.25, -0.2) is 0 Å². The fourth-order valence-corrected chi connectivity index (χ4v) is 4.72. The Bertz CT molecular complexity index is 628. The molecule has 2 fully saturated rings. The molecule has 1 aromatic heterocycles. The van der Waals surface area contributed by atoms with Gasteiger partial charge >= 0.3 is 0 Å². The summed E-state index contributed by atoms with van der Waals surface area (Å²) in [6.45, 7) is 3.54. The highest BCUT2D eigenvalue weighted by atomic mass is 32.2. The molecular weight excluding hydrogens is 350 g/mol. The number of nitrogens with zero attached hydrogens (tertiary/aromatic N) is 3. The summed E-state index contributed by atoms with van der Waals surface area (Å²) >= 11 is 1.56. The minimum absolute atomic E-state index is 0.0525. The summed E-state index contributed by atoms with van der Waals surface area (Å²) in [7, 11) is 1.66. The van der Waals surface area contributed by atoms with E-state index in [0.717, 1.165) is 43.8 Å². The molecule has 2 aliphatic rings. The molecule has 0 saturated carbocycles. The highest BCUT2D eigenvalue weighted by molar-refractivity contribution is 8.00. The van der Waals surface area contributed by atoms with Crippen molar-refractivity contribution in [1.29, 1.82) is 0 Å². The van der Waals surface area contributed by atoms with Crippen LogP contribution in [0.3, 0.4) is 0 Å². The van der Waals surface area contributed by atoms with Crippen molar-refractivity contribution in [1.82, 2.24) is 14.8 Å². The van der Waals surface area contributed by atoms with Crippen molar-refractivity contribution in [2.75, 3.05) is 45.6 Å². The van der Waals surface area contributed by atoms with Gasteiger partial charge in [-0.3, -0.25) is 14.6 Å². The number of likely N-dealkylation sites (tertiary alicyclic amines) is 2. The second-order valence-electron chi connectivity index (χ2n) is 7.20. The fourth-order valence-electron chi connectivity index (χ4n) is 3.93. The Morgan fingerprint density at radius 3 is 2.88 bits per heavy atom. The summed E-state index contributed by atoms with van der Waals surface area (Å²) in [5.41, 5.74) is 0.0525. The van der Waals surface area contributed by atoms with E-state index in [4.69, 9.17) is 4.74 Å². The number of piperidine rings is 2. The molecule has 2 aliphatic heterocycles. The number of carbonyl (C=O) groups excluding carboxylic acids is 2. The second kappa shape index (κ2) is 8.86. The summed E-state index contributed by atoms with van der Waals surface area (Å²) in [5.74, 6) is 0.850. The Kier molecular flexibility index (Phi) is 6.53. The van der Waals surface area contributed by atoms with Gasteiger partial charge in [-0.1, -0.05) is 0 Å². The summed E-state index contributed by atoms with van der Waals surface area (Å²) < 4.78 is 5.14. The van der Waals surface area contributed by atoms with Crippen molar-refractivity contribution < 1.29 is 14.3 Å². The number of thioether (sulfide) groups is 1. The highest BCUT2D eigenvalue weighted by Crippen LogP contribution is 2.39. The van der Waals surface area contributed by atoms with Crippen LogP contribution in [0.25, 0.3) is 0 Å². The quantitative estimate of drug-likeness (QED) is 0.710. The topological polar surface area (TPSA) is 62.7 Å². The van der Waals surface area contributed by atoms with Crippen LogP contribution in [0.2, 0.25) is 0 Å². The summed E-state index contributed by atoms with van der Waals surface area (Å²) in [6, 6.07) is 3.85. The maximum Gasteiger partial charge on any atom is 0.232 e. The molecule has 1 aromatic rings. The third kappa shape index (κ3) is 4.76. The molecular formula is C19H27N3O3S. The molecule has 0 bridgehead atoms. The molecule has 7 heteroatoms. The first-order chi connectivity index (χ1) is 12.6. The van der Waals surface area contributed by atoms with Gasteiger partial charge in [-0.2, -0.15) is 0 Å². The maximum absolute atomic E-state index is 12.7. The van der Waals surface area contributed by atoms with E-state index in [-0.39, 0.29) is 17.2 Å². The standard InChI is InChI=1S/C19H27N3O3S/c1-25-12-11-22-15-19(7-3-17(22)23)6-2-10-21(14-19)18(24)13-26-16-4-8-20-9-5-16/h4-5,8-9H,2-3,6-7,10-15H2,1H3. The first-order valence-corrected chi connectivity index (χ1v) is 10.2. The van der Waals surface area contributed by atoms with E-state index in [2.05, 4.69) is 4.98 Å². The molecule has 1 atom stereocenters. The summed E-state index contributed by atoms with van der Waals surface area (Å²) in [4.78, 5) is 33.9. The third-order valence-electron chi connectivity index (χ3n) is 5.34. The Morgan fingerprint density at radius 1 is 1.31 bits per heavy atom. The summed E-state index contributed by atoms with van der Waals surface area (Å²) in [5, 5.41) is 0. The predicted octanol–water partition coefficient (Wildman–Crippen LogP) is 2.05. The number of aromatic nitrogens is 1. The lowest BCUT2D eigenvalue weighted by atomic mass is 9.73. The zero-order valence-electron chi connectivity index (χ0n) is 15.4. The van der Waals surface area contributed by atoms with Crippen LogP contribution in [0.1, 0.15) is 25.7 Å². The van der Waals surface area contributed by atoms with Crippen molar-refractivity contribution in [2.45, 2.75) is 30.6 Å². The number of ether oxygens (including phenoxy) is 1. The zero-order valence-corrected chi connectivity index (χ0v) is 16.2. The van der Waals surface area contributed by atoms with Gasteiger partial charge in [0.15, 0.2) is 0 Å². The van der Waals surface area contributed by atoms with E-state index in [1.807, 2.05) is 21.9 Å². The highest BCUT2D eigenvalue weighted by Gasteiger charge is 2.42. The van der Waals surface area contributed by atoms with Crippen molar-refractivity contribution in [2.24, 2.45) is 5.41 Å². The summed E-state index contributed by atoms with van der Waals surface area (Å²) in [6.07, 6.45) is 7.06. The van der Waals surface area contributed by atoms with E-state index < -0.39 is 0 Å². The molecule has 0 aromatic carbocycles. The number of methoxy groups -OCH3 is 1. The van der Waals surface area contributed by atoms with Crippen LogP contribution < -0.4 is 0 Å². The molecule has 3 heterocycles. The molecule has 26 heavy (non-hydrogen) atoms. The number of pyridine rings is 1. The van der Waals surface area contributed by atoms with Crippen LogP contribution in [-0.4, -0.2) is 72.2 Å². The average Bonchev–Trinajstić information content (AvgIpc) is 2.68. The van der Waals surface area contributed by atoms with Gasteiger partial charge < -0.3 is 14.5 Å². The Labute approximate surface area is 159 Å². The number of carbonyl (C=O) groups is 2. The van der Waals surface area contributed by atoms with E-state index >= 15 is 0 Å². The number of amides is 2. The van der Waals surface area contributed by atoms with Gasteiger partial charge in [0.25, 0.3) is 0 Å². The van der Waals surface area contributed by atoms with Crippen LogP contribution in [-0.2, 0) is 14.3 Å². The lowest BCUT2D eigenvalue weighted by Gasteiger charge is -2.48. The van der Waals surface area contributed by atoms with Crippen LogP contribution in [0.5, 0.6) is 0 Å². The SMILES string of the molecule is COCCN1CC2(CCCN(C(=O)CSc3ccncc3)C2)CCC1=O. The first kappa shape index (κ1) is 19.2. The molecule has 2 saturated heterocycles. The number of rotatable bonds is 6. The first-order valence-electron chi connectivity index (χ1n) is 9.19. The van der Waals surface area contributed by atoms with E-state index in [1.54, 1.807) is 31.3 Å². The van der Waals surface area contributed by atoms with E-state index in [9.17, 15) is 9.59 Å². The molecule has 0 N–H and O–H groups in total. The molecule has 3 rings (SSSR count). The van der Waals surface area contributed by atoms with Crippen LogP contribution in [0.4, 0.5) is 0 Å². The predicted molar refractivity (Wildman–Crippen MR) is 101 cm³/mol. The molecule has 0 aliphatic carbocycles. The normalized spacial score (nSPS) is 23.5. The van der Waals surface area contributed by atoms with Gasteiger partial charge in [0, 0.05) is 62.4 Å². The van der Waals surface area contributed by atoms with Gasteiger partial charge in [-0.05, 0) is 31.4 Å². The lowest BCUT2D eigenvalue weighted by molar-refractivity contribution is -0.142. The Balaban J connectivity index is 1.57. The second-order valence-corrected chi connectivity index (χ2v) is 8.25. The monoisotopic (exact) mass is 377 g/mol. The van der Waals surface area contributed by atoms with Crippen LogP contribution in [0, 0.1) is 5.41 Å². The van der Waals surface area contributed by atoms with Gasteiger partial charge in [0.2, 0.25) is 11.8 Å².